The number of aliphatic imine (C=N–C) groups is 1. The van der Waals surface area contributed by atoms with E-state index in [1.165, 1.54) is 28.8 Å². The number of urea groups is 1. The first-order chi connectivity index (χ1) is 11.9. The molecular formula is C18H17ClFN3OS. The van der Waals surface area contributed by atoms with E-state index in [2.05, 4.69) is 17.2 Å². The summed E-state index contributed by atoms with van der Waals surface area (Å²) in [6, 6.07) is 11.4. The lowest BCUT2D eigenvalue weighted by atomic mass is 10.2. The van der Waals surface area contributed by atoms with Gasteiger partial charge in [0.1, 0.15) is 5.82 Å². The fourth-order valence-electron chi connectivity index (χ4n) is 2.35. The van der Waals surface area contributed by atoms with Gasteiger partial charge >= 0.3 is 6.03 Å². The first-order valence-corrected chi connectivity index (χ1v) is 9.04. The molecule has 0 fully saturated rings. The molecule has 25 heavy (non-hydrogen) atoms. The van der Waals surface area contributed by atoms with E-state index in [4.69, 9.17) is 11.6 Å². The molecule has 0 aliphatic carbocycles. The van der Waals surface area contributed by atoms with E-state index in [9.17, 15) is 9.18 Å². The summed E-state index contributed by atoms with van der Waals surface area (Å²) in [5.74, 6) is -0.581. The number of anilines is 2. The van der Waals surface area contributed by atoms with Gasteiger partial charge in [0.25, 0.3) is 0 Å². The molecule has 4 nitrogen and oxygen atoms in total. The van der Waals surface area contributed by atoms with Crippen molar-refractivity contribution < 1.29 is 9.18 Å². The Morgan fingerprint density at radius 3 is 2.64 bits per heavy atom. The van der Waals surface area contributed by atoms with Crippen molar-refractivity contribution in [3.63, 3.8) is 0 Å². The van der Waals surface area contributed by atoms with E-state index in [0.717, 1.165) is 5.56 Å². The highest BCUT2D eigenvalue weighted by atomic mass is 35.5. The van der Waals surface area contributed by atoms with Gasteiger partial charge in [0.2, 0.25) is 0 Å². The zero-order valence-electron chi connectivity index (χ0n) is 13.8. The molecule has 0 spiro atoms. The number of halogens is 2. The van der Waals surface area contributed by atoms with Crippen LogP contribution in [0.25, 0.3) is 0 Å². The fourth-order valence-corrected chi connectivity index (χ4v) is 3.42. The van der Waals surface area contributed by atoms with Crippen LogP contribution in [0.5, 0.6) is 0 Å². The topological polar surface area (TPSA) is 44.7 Å². The van der Waals surface area contributed by atoms with Gasteiger partial charge in [-0.1, -0.05) is 48.0 Å². The summed E-state index contributed by atoms with van der Waals surface area (Å²) >= 11 is 7.23. The Morgan fingerprint density at radius 1 is 1.32 bits per heavy atom. The second kappa shape index (κ2) is 7.45. The van der Waals surface area contributed by atoms with Crippen molar-refractivity contribution in [2.45, 2.75) is 19.1 Å². The Balaban J connectivity index is 1.89. The number of rotatable bonds is 2. The minimum absolute atomic E-state index is 0.0120. The van der Waals surface area contributed by atoms with Gasteiger partial charge in [-0.2, -0.15) is 0 Å². The van der Waals surface area contributed by atoms with Crippen molar-refractivity contribution in [1.82, 2.24) is 0 Å². The van der Waals surface area contributed by atoms with E-state index >= 15 is 0 Å². The molecule has 1 aliphatic rings. The van der Waals surface area contributed by atoms with Crippen molar-refractivity contribution >= 4 is 45.9 Å². The Labute approximate surface area is 155 Å². The number of hydrogen-bond acceptors (Lipinski definition) is 3. The lowest BCUT2D eigenvalue weighted by Crippen LogP contribution is -2.38. The number of amidine groups is 1. The average molecular weight is 378 g/mol. The fraction of sp³-hybridized carbons (Fsp3) is 0.222. The Bertz CT molecular complexity index is 826. The molecule has 2 aromatic carbocycles. The zero-order chi connectivity index (χ0) is 18.0. The first-order valence-electron chi connectivity index (χ1n) is 7.78. The maximum Gasteiger partial charge on any atom is 0.332 e. The van der Waals surface area contributed by atoms with Crippen molar-refractivity contribution in [3.8, 4) is 0 Å². The molecule has 1 N–H and O–H groups in total. The average Bonchev–Trinajstić information content (AvgIpc) is 2.99. The maximum absolute atomic E-state index is 13.6. The van der Waals surface area contributed by atoms with Crippen LogP contribution in [-0.2, 0) is 0 Å². The monoisotopic (exact) mass is 377 g/mol. The van der Waals surface area contributed by atoms with Crippen LogP contribution in [-0.4, -0.2) is 23.0 Å². The standard InChI is InChI=1S/C18H17ClFN3OS/c1-11-3-6-14(7-4-11)23(18-21-10-12(2)25-18)17(24)22-13-5-8-15(19)16(20)9-13/h3-9,12H,10H2,1-2H3,(H,22,24)/t12-/m1/s1. The second-order valence-electron chi connectivity index (χ2n) is 5.78. The quantitative estimate of drug-likeness (QED) is 0.770. The lowest BCUT2D eigenvalue weighted by Gasteiger charge is -2.23. The van der Waals surface area contributed by atoms with Gasteiger partial charge in [-0.05, 0) is 37.3 Å². The van der Waals surface area contributed by atoms with Crippen molar-refractivity contribution in [3.05, 3.63) is 58.9 Å². The summed E-state index contributed by atoms with van der Waals surface area (Å²) in [4.78, 5) is 18.8. The number of aryl methyl sites for hydroxylation is 1. The minimum Gasteiger partial charge on any atom is -0.307 e. The normalized spacial score (nSPS) is 16.5. The van der Waals surface area contributed by atoms with Crippen molar-refractivity contribution in [1.29, 1.82) is 0 Å². The molecule has 2 amide bonds. The number of nitrogens with one attached hydrogen (secondary N) is 1. The molecule has 3 rings (SSSR count). The lowest BCUT2D eigenvalue weighted by molar-refractivity contribution is 0.259. The Kier molecular flexibility index (Phi) is 5.30. The SMILES string of the molecule is Cc1ccc(N(C(=O)Nc2ccc(Cl)c(F)c2)C2=NC[C@@H](C)S2)cc1. The molecule has 0 bridgehead atoms. The summed E-state index contributed by atoms with van der Waals surface area (Å²) in [7, 11) is 0. The third kappa shape index (κ3) is 4.14. The van der Waals surface area contributed by atoms with Gasteiger partial charge in [0.15, 0.2) is 5.17 Å². The molecule has 1 aliphatic heterocycles. The Morgan fingerprint density at radius 2 is 2.04 bits per heavy atom. The third-order valence-corrected chi connectivity index (χ3v) is 5.03. The summed E-state index contributed by atoms with van der Waals surface area (Å²) in [5, 5.41) is 3.66. The van der Waals surface area contributed by atoms with Crippen LogP contribution in [0.1, 0.15) is 12.5 Å². The molecule has 130 valence electrons. The van der Waals surface area contributed by atoms with Crippen LogP contribution in [0, 0.1) is 12.7 Å². The van der Waals surface area contributed by atoms with Crippen molar-refractivity contribution in [2.75, 3.05) is 16.8 Å². The number of nitrogens with zero attached hydrogens (tertiary/aromatic N) is 2. The first kappa shape index (κ1) is 17.8. The summed E-state index contributed by atoms with van der Waals surface area (Å²) in [6.07, 6.45) is 0. The van der Waals surface area contributed by atoms with E-state index in [1.807, 2.05) is 31.2 Å². The Hall–Kier alpha value is -2.05. The summed E-state index contributed by atoms with van der Waals surface area (Å²) in [5.41, 5.74) is 2.14. The number of carbonyl (C=O) groups is 1. The highest BCUT2D eigenvalue weighted by Gasteiger charge is 2.27. The number of amides is 2. The van der Waals surface area contributed by atoms with E-state index < -0.39 is 11.8 Å². The van der Waals surface area contributed by atoms with Crippen LogP contribution < -0.4 is 10.2 Å². The molecule has 1 heterocycles. The number of carbonyl (C=O) groups excluding carboxylic acids is 1. The molecule has 0 aromatic heterocycles. The molecule has 2 aromatic rings. The number of benzene rings is 2. The van der Waals surface area contributed by atoms with Gasteiger partial charge < -0.3 is 5.32 Å². The van der Waals surface area contributed by atoms with Crippen LogP contribution >= 0.6 is 23.4 Å². The third-order valence-electron chi connectivity index (χ3n) is 3.65. The minimum atomic E-state index is -0.581. The largest absolute Gasteiger partial charge is 0.332 e. The highest BCUT2D eigenvalue weighted by Crippen LogP contribution is 2.28. The van der Waals surface area contributed by atoms with E-state index in [1.54, 1.807) is 6.07 Å². The number of thioether (sulfide) groups is 1. The zero-order valence-corrected chi connectivity index (χ0v) is 15.4. The van der Waals surface area contributed by atoms with Gasteiger partial charge in [0, 0.05) is 10.9 Å². The van der Waals surface area contributed by atoms with Gasteiger partial charge in [-0.25, -0.2) is 14.1 Å². The smallest absolute Gasteiger partial charge is 0.307 e. The van der Waals surface area contributed by atoms with Crippen LogP contribution in [0.15, 0.2) is 47.5 Å². The maximum atomic E-state index is 13.6. The molecule has 0 radical (unpaired) electrons. The number of hydrogen-bond donors (Lipinski definition) is 1. The second-order valence-corrected chi connectivity index (χ2v) is 7.59. The van der Waals surface area contributed by atoms with E-state index in [-0.39, 0.29) is 5.02 Å². The van der Waals surface area contributed by atoms with Gasteiger partial charge in [-0.15, -0.1) is 0 Å². The van der Waals surface area contributed by atoms with E-state index in [0.29, 0.717) is 28.3 Å². The van der Waals surface area contributed by atoms with Crippen LogP contribution in [0.2, 0.25) is 5.02 Å². The molecule has 0 unspecified atom stereocenters. The predicted molar refractivity (Wildman–Crippen MR) is 103 cm³/mol. The molecule has 0 saturated carbocycles. The molecular weight excluding hydrogens is 361 g/mol. The van der Waals surface area contributed by atoms with Crippen LogP contribution in [0.4, 0.5) is 20.6 Å². The van der Waals surface area contributed by atoms with Crippen LogP contribution in [0.3, 0.4) is 0 Å². The van der Waals surface area contributed by atoms with Gasteiger partial charge in [-0.3, -0.25) is 4.99 Å². The molecule has 1 atom stereocenters. The molecule has 0 saturated heterocycles. The van der Waals surface area contributed by atoms with Crippen molar-refractivity contribution in [2.24, 2.45) is 4.99 Å². The summed E-state index contributed by atoms with van der Waals surface area (Å²) in [6.45, 7) is 4.70. The summed E-state index contributed by atoms with van der Waals surface area (Å²) < 4.78 is 13.6. The predicted octanol–water partition coefficient (Wildman–Crippen LogP) is 5.32. The highest BCUT2D eigenvalue weighted by molar-refractivity contribution is 8.15. The van der Waals surface area contributed by atoms with Gasteiger partial charge in [0.05, 0.1) is 17.3 Å². The molecule has 7 heteroatoms.